The van der Waals surface area contributed by atoms with Gasteiger partial charge in [0.2, 0.25) is 10.0 Å². The van der Waals surface area contributed by atoms with Gasteiger partial charge < -0.3 is 9.80 Å². The zero-order chi connectivity index (χ0) is 22.8. The standard InChI is InChI=1S/C21H23Cl2N3O4S/c1-3-4-9-31(29,30)24-20(27)14-6-8-17-19(10-14)25(2)13-26(21(17)28)12-15-5-7-16(22)11-18(15)23/h5-8,10-11H,3-4,9,12-13H2,1-2H3,(H,24,27). The molecule has 0 fully saturated rings. The first-order valence-electron chi connectivity index (χ1n) is 9.74. The summed E-state index contributed by atoms with van der Waals surface area (Å²) in [5.41, 5.74) is 1.92. The fourth-order valence-corrected chi connectivity index (χ4v) is 4.94. The molecule has 0 saturated heterocycles. The van der Waals surface area contributed by atoms with Crippen molar-refractivity contribution in [3.63, 3.8) is 0 Å². The number of hydrogen-bond acceptors (Lipinski definition) is 5. The third-order valence-electron chi connectivity index (χ3n) is 4.96. The molecule has 1 aliphatic heterocycles. The van der Waals surface area contributed by atoms with Crippen LogP contribution in [-0.2, 0) is 16.6 Å². The van der Waals surface area contributed by atoms with Crippen LogP contribution in [-0.4, -0.2) is 44.6 Å². The number of carbonyl (C=O) groups excluding carboxylic acids is 2. The van der Waals surface area contributed by atoms with Crippen molar-refractivity contribution in [3.05, 3.63) is 63.1 Å². The molecule has 0 spiro atoms. The highest BCUT2D eigenvalue weighted by Crippen LogP contribution is 2.30. The van der Waals surface area contributed by atoms with E-state index in [2.05, 4.69) is 4.72 Å². The maximum Gasteiger partial charge on any atom is 0.264 e. The van der Waals surface area contributed by atoms with Gasteiger partial charge in [-0.1, -0.05) is 42.6 Å². The lowest BCUT2D eigenvalue weighted by atomic mass is 10.0. The average Bonchev–Trinajstić information content (AvgIpc) is 2.71. The van der Waals surface area contributed by atoms with E-state index < -0.39 is 15.9 Å². The average molecular weight is 484 g/mol. The van der Waals surface area contributed by atoms with Gasteiger partial charge in [-0.15, -0.1) is 0 Å². The van der Waals surface area contributed by atoms with E-state index in [4.69, 9.17) is 23.2 Å². The number of benzene rings is 2. The van der Waals surface area contributed by atoms with Crippen LogP contribution < -0.4 is 9.62 Å². The number of hydrogen-bond donors (Lipinski definition) is 1. The van der Waals surface area contributed by atoms with Crippen molar-refractivity contribution >= 4 is 50.7 Å². The molecule has 0 unspecified atom stereocenters. The van der Waals surface area contributed by atoms with E-state index in [0.29, 0.717) is 40.7 Å². The van der Waals surface area contributed by atoms with Crippen molar-refractivity contribution in [2.24, 2.45) is 0 Å². The normalized spacial score (nSPS) is 13.9. The summed E-state index contributed by atoms with van der Waals surface area (Å²) in [6.07, 6.45) is 1.18. The van der Waals surface area contributed by atoms with Crippen molar-refractivity contribution in [1.82, 2.24) is 9.62 Å². The summed E-state index contributed by atoms with van der Waals surface area (Å²) in [6.45, 7) is 2.46. The van der Waals surface area contributed by atoms with Gasteiger partial charge in [-0.25, -0.2) is 13.1 Å². The van der Waals surface area contributed by atoms with Gasteiger partial charge in [0.1, 0.15) is 0 Å². The number of anilines is 1. The molecule has 3 rings (SSSR count). The Morgan fingerprint density at radius 1 is 1.16 bits per heavy atom. The van der Waals surface area contributed by atoms with Gasteiger partial charge in [-0.2, -0.15) is 0 Å². The molecule has 31 heavy (non-hydrogen) atoms. The van der Waals surface area contributed by atoms with E-state index in [1.54, 1.807) is 30.1 Å². The Bertz CT molecular complexity index is 1120. The summed E-state index contributed by atoms with van der Waals surface area (Å²) in [6, 6.07) is 9.65. The van der Waals surface area contributed by atoms with Crippen LogP contribution in [0.2, 0.25) is 10.0 Å². The number of rotatable bonds is 7. The number of fused-ring (bicyclic) bond motifs is 1. The molecular weight excluding hydrogens is 461 g/mol. The smallest absolute Gasteiger partial charge is 0.264 e. The summed E-state index contributed by atoms with van der Waals surface area (Å²) in [5, 5.41) is 0.994. The van der Waals surface area contributed by atoms with Crippen molar-refractivity contribution in [2.75, 3.05) is 24.4 Å². The molecule has 1 aliphatic rings. The second-order valence-corrected chi connectivity index (χ2v) is 10.1. The third kappa shape index (κ3) is 5.50. The topological polar surface area (TPSA) is 86.8 Å². The van der Waals surface area contributed by atoms with Crippen molar-refractivity contribution in [3.8, 4) is 0 Å². The van der Waals surface area contributed by atoms with Gasteiger partial charge in [0.05, 0.1) is 23.7 Å². The highest BCUT2D eigenvalue weighted by molar-refractivity contribution is 7.90. The zero-order valence-electron chi connectivity index (χ0n) is 17.2. The van der Waals surface area contributed by atoms with E-state index >= 15 is 0 Å². The second-order valence-electron chi connectivity index (χ2n) is 7.41. The Morgan fingerprint density at radius 3 is 2.58 bits per heavy atom. The van der Waals surface area contributed by atoms with Crippen molar-refractivity contribution in [1.29, 1.82) is 0 Å². The molecular formula is C21H23Cl2N3O4S. The first kappa shape index (κ1) is 23.4. The van der Waals surface area contributed by atoms with Crippen LogP contribution in [0.25, 0.3) is 0 Å². The van der Waals surface area contributed by atoms with Gasteiger partial charge in [0.25, 0.3) is 11.8 Å². The molecule has 10 heteroatoms. The van der Waals surface area contributed by atoms with Gasteiger partial charge in [0, 0.05) is 29.2 Å². The Labute approximate surface area is 192 Å². The molecule has 0 bridgehead atoms. The van der Waals surface area contributed by atoms with E-state index in [0.717, 1.165) is 5.56 Å². The maximum absolute atomic E-state index is 13.0. The molecule has 0 atom stereocenters. The van der Waals surface area contributed by atoms with E-state index in [-0.39, 0.29) is 23.9 Å². The number of nitrogens with zero attached hydrogens (tertiary/aromatic N) is 2. The molecule has 166 valence electrons. The minimum Gasteiger partial charge on any atom is -0.356 e. The first-order valence-corrected chi connectivity index (χ1v) is 12.2. The molecule has 0 saturated carbocycles. The molecule has 2 amide bonds. The zero-order valence-corrected chi connectivity index (χ0v) is 19.5. The highest BCUT2D eigenvalue weighted by atomic mass is 35.5. The van der Waals surface area contributed by atoms with Gasteiger partial charge in [-0.05, 0) is 42.3 Å². The summed E-state index contributed by atoms with van der Waals surface area (Å²) >= 11 is 12.2. The number of sulfonamides is 1. The monoisotopic (exact) mass is 483 g/mol. The third-order valence-corrected chi connectivity index (χ3v) is 6.87. The number of carbonyl (C=O) groups is 2. The van der Waals surface area contributed by atoms with E-state index in [1.165, 1.54) is 18.2 Å². The quantitative estimate of drug-likeness (QED) is 0.644. The lowest BCUT2D eigenvalue weighted by Gasteiger charge is -2.36. The number of nitrogens with one attached hydrogen (secondary N) is 1. The van der Waals surface area contributed by atoms with Crippen LogP contribution in [0.4, 0.5) is 5.69 Å². The second kappa shape index (κ2) is 9.46. The molecule has 0 radical (unpaired) electrons. The minimum absolute atomic E-state index is 0.110. The Kier molecular flexibility index (Phi) is 7.13. The predicted molar refractivity (Wildman–Crippen MR) is 122 cm³/mol. The van der Waals surface area contributed by atoms with Gasteiger partial charge in [-0.3, -0.25) is 9.59 Å². The highest BCUT2D eigenvalue weighted by Gasteiger charge is 2.29. The molecule has 0 aromatic heterocycles. The summed E-state index contributed by atoms with van der Waals surface area (Å²) in [4.78, 5) is 28.9. The Morgan fingerprint density at radius 2 is 1.90 bits per heavy atom. The van der Waals surface area contributed by atoms with Crippen LogP contribution >= 0.6 is 23.2 Å². The largest absolute Gasteiger partial charge is 0.356 e. The summed E-state index contributed by atoms with van der Waals surface area (Å²) < 4.78 is 26.1. The number of unbranched alkanes of at least 4 members (excludes halogenated alkanes) is 1. The lowest BCUT2D eigenvalue weighted by molar-refractivity contribution is 0.0731. The fraction of sp³-hybridized carbons (Fsp3) is 0.333. The van der Waals surface area contributed by atoms with Crippen molar-refractivity contribution in [2.45, 2.75) is 26.3 Å². The van der Waals surface area contributed by atoms with Crippen LogP contribution in [0.5, 0.6) is 0 Å². The Hall–Kier alpha value is -2.29. The molecule has 2 aromatic rings. The van der Waals surface area contributed by atoms with Crippen molar-refractivity contribution < 1.29 is 18.0 Å². The lowest BCUT2D eigenvalue weighted by Crippen LogP contribution is -2.44. The molecule has 2 aromatic carbocycles. The van der Waals surface area contributed by atoms with Crippen LogP contribution in [0, 0.1) is 0 Å². The minimum atomic E-state index is -3.70. The maximum atomic E-state index is 13.0. The van der Waals surface area contributed by atoms with Crippen LogP contribution in [0.15, 0.2) is 36.4 Å². The summed E-state index contributed by atoms with van der Waals surface area (Å²) in [7, 11) is -1.90. The number of amides is 2. The summed E-state index contributed by atoms with van der Waals surface area (Å²) in [5.74, 6) is -1.03. The van der Waals surface area contributed by atoms with E-state index in [9.17, 15) is 18.0 Å². The SMILES string of the molecule is CCCCS(=O)(=O)NC(=O)c1ccc2c(c1)N(C)CN(Cc1ccc(Cl)cc1Cl)C2=O. The fourth-order valence-electron chi connectivity index (χ4n) is 3.30. The Balaban J connectivity index is 1.80. The predicted octanol–water partition coefficient (Wildman–Crippen LogP) is 3.90. The van der Waals surface area contributed by atoms with Gasteiger partial charge in [0.15, 0.2) is 0 Å². The number of halogens is 2. The van der Waals surface area contributed by atoms with Crippen LogP contribution in [0.3, 0.4) is 0 Å². The first-order chi connectivity index (χ1) is 14.6. The van der Waals surface area contributed by atoms with Crippen LogP contribution in [0.1, 0.15) is 46.0 Å². The molecule has 7 nitrogen and oxygen atoms in total. The van der Waals surface area contributed by atoms with E-state index in [1.807, 2.05) is 11.8 Å². The van der Waals surface area contributed by atoms with Gasteiger partial charge >= 0.3 is 0 Å². The molecule has 1 N–H and O–H groups in total. The molecule has 1 heterocycles. The molecule has 0 aliphatic carbocycles.